The van der Waals surface area contributed by atoms with Gasteiger partial charge >= 0.3 is 0 Å². The van der Waals surface area contributed by atoms with Crippen LogP contribution in [0.25, 0.3) is 5.69 Å². The Morgan fingerprint density at radius 3 is 2.53 bits per heavy atom. The summed E-state index contributed by atoms with van der Waals surface area (Å²) >= 11 is 6.07. The highest BCUT2D eigenvalue weighted by molar-refractivity contribution is 6.31. The van der Waals surface area contributed by atoms with Crippen LogP contribution in [0.2, 0.25) is 5.02 Å². The normalized spacial score (nSPS) is 10.5. The van der Waals surface area contributed by atoms with Gasteiger partial charge in [-0.3, -0.25) is 10.4 Å². The molecular weight excluding hydrogens is 238 g/mol. The van der Waals surface area contributed by atoms with E-state index in [0.717, 1.165) is 17.1 Å². The third-order valence-electron chi connectivity index (χ3n) is 2.47. The lowest BCUT2D eigenvalue weighted by molar-refractivity contribution is 0.828. The van der Waals surface area contributed by atoms with Crippen LogP contribution in [0.5, 0.6) is 0 Å². The van der Waals surface area contributed by atoms with Crippen LogP contribution >= 0.6 is 11.6 Å². The van der Waals surface area contributed by atoms with Gasteiger partial charge in [0, 0.05) is 0 Å². The summed E-state index contributed by atoms with van der Waals surface area (Å²) in [5.41, 5.74) is 8.22. The summed E-state index contributed by atoms with van der Waals surface area (Å²) in [5, 5.41) is 12.2. The minimum atomic E-state index is -0.0528. The molecule has 0 amide bonds. The molecule has 2 aromatic heterocycles. The molecule has 2 aromatic rings. The number of nitrogens with zero attached hydrogens (tertiary/aromatic N) is 3. The third kappa shape index (κ3) is 2.01. The van der Waals surface area contributed by atoms with Gasteiger partial charge in [0.15, 0.2) is 0 Å². The van der Waals surface area contributed by atoms with Gasteiger partial charge in [0.05, 0.1) is 28.3 Å². The fraction of sp³-hybridized carbons (Fsp3) is 0.182. The Bertz CT molecular complexity index is 570. The minimum absolute atomic E-state index is 0.0528. The molecule has 17 heavy (non-hydrogen) atoms. The number of pyridine rings is 1. The number of aryl methyl sites for hydroxylation is 1. The number of rotatable bonds is 2. The first-order chi connectivity index (χ1) is 8.00. The van der Waals surface area contributed by atoms with E-state index < -0.39 is 0 Å². The lowest BCUT2D eigenvalue weighted by atomic mass is 10.3. The molecule has 2 rings (SSSR count). The molecule has 0 radical (unpaired) electrons. The van der Waals surface area contributed by atoms with Gasteiger partial charge in [-0.1, -0.05) is 11.6 Å². The van der Waals surface area contributed by atoms with E-state index in [-0.39, 0.29) is 5.84 Å². The summed E-state index contributed by atoms with van der Waals surface area (Å²) in [6.45, 7) is 3.74. The van der Waals surface area contributed by atoms with Gasteiger partial charge in [-0.2, -0.15) is 5.10 Å². The van der Waals surface area contributed by atoms with E-state index in [1.807, 2.05) is 13.8 Å². The molecule has 0 aliphatic heterocycles. The summed E-state index contributed by atoms with van der Waals surface area (Å²) < 4.78 is 1.72. The molecule has 0 spiro atoms. The van der Waals surface area contributed by atoms with Gasteiger partial charge in [0.2, 0.25) is 0 Å². The minimum Gasteiger partial charge on any atom is -0.382 e. The molecular formula is C11H12ClN5. The van der Waals surface area contributed by atoms with Crippen LogP contribution in [0.1, 0.15) is 17.1 Å². The van der Waals surface area contributed by atoms with Gasteiger partial charge in [-0.05, 0) is 26.0 Å². The first-order valence-electron chi connectivity index (χ1n) is 5.03. The summed E-state index contributed by atoms with van der Waals surface area (Å²) in [6.07, 6.45) is 1.62. The van der Waals surface area contributed by atoms with Crippen molar-refractivity contribution >= 4 is 17.4 Å². The number of hydrogen-bond acceptors (Lipinski definition) is 3. The maximum Gasteiger partial charge on any atom is 0.141 e. The Morgan fingerprint density at radius 2 is 2.12 bits per heavy atom. The van der Waals surface area contributed by atoms with Crippen molar-refractivity contribution in [1.82, 2.24) is 14.8 Å². The van der Waals surface area contributed by atoms with Gasteiger partial charge in [-0.25, -0.2) is 4.68 Å². The smallest absolute Gasteiger partial charge is 0.141 e. The van der Waals surface area contributed by atoms with Crippen LogP contribution in [0.4, 0.5) is 0 Å². The molecule has 0 saturated heterocycles. The van der Waals surface area contributed by atoms with Crippen molar-refractivity contribution in [3.05, 3.63) is 40.4 Å². The lowest BCUT2D eigenvalue weighted by Crippen LogP contribution is -2.13. The average Bonchev–Trinajstić information content (AvgIpc) is 2.57. The highest BCUT2D eigenvalue weighted by Gasteiger charge is 2.10. The van der Waals surface area contributed by atoms with Crippen molar-refractivity contribution in [3.8, 4) is 5.69 Å². The number of amidine groups is 1. The fourth-order valence-corrected chi connectivity index (χ4v) is 1.66. The largest absolute Gasteiger partial charge is 0.382 e. The Kier molecular flexibility index (Phi) is 2.85. The van der Waals surface area contributed by atoms with Crippen molar-refractivity contribution in [2.24, 2.45) is 5.73 Å². The highest BCUT2D eigenvalue weighted by Crippen LogP contribution is 2.21. The number of nitrogens with one attached hydrogen (secondary N) is 1. The van der Waals surface area contributed by atoms with E-state index in [4.69, 9.17) is 22.7 Å². The Labute approximate surface area is 104 Å². The zero-order valence-electron chi connectivity index (χ0n) is 9.53. The standard InChI is InChI=1S/C11H12ClN5/c1-6-10(12)7(2)17(16-6)8-3-4-9(11(13)14)15-5-8/h3-5H,1-2H3,(H3,13,14). The second-order valence-corrected chi connectivity index (χ2v) is 4.09. The molecule has 0 saturated carbocycles. The monoisotopic (exact) mass is 249 g/mol. The molecule has 0 atom stereocenters. The van der Waals surface area contributed by atoms with Crippen LogP contribution < -0.4 is 5.73 Å². The quantitative estimate of drug-likeness (QED) is 0.629. The van der Waals surface area contributed by atoms with Gasteiger partial charge in [0.1, 0.15) is 11.5 Å². The van der Waals surface area contributed by atoms with E-state index in [1.165, 1.54) is 0 Å². The predicted octanol–water partition coefficient (Wildman–Crippen LogP) is 1.82. The average molecular weight is 250 g/mol. The fourth-order valence-electron chi connectivity index (χ4n) is 1.55. The molecule has 0 unspecified atom stereocenters. The highest BCUT2D eigenvalue weighted by atomic mass is 35.5. The molecule has 0 aliphatic rings. The van der Waals surface area contributed by atoms with E-state index in [0.29, 0.717) is 10.7 Å². The van der Waals surface area contributed by atoms with Crippen molar-refractivity contribution < 1.29 is 0 Å². The van der Waals surface area contributed by atoms with Crippen LogP contribution in [0.15, 0.2) is 18.3 Å². The van der Waals surface area contributed by atoms with E-state index in [2.05, 4.69) is 10.1 Å². The second kappa shape index (κ2) is 4.18. The summed E-state index contributed by atoms with van der Waals surface area (Å²) in [6, 6.07) is 3.49. The van der Waals surface area contributed by atoms with Crippen molar-refractivity contribution in [2.45, 2.75) is 13.8 Å². The molecule has 3 N–H and O–H groups in total. The van der Waals surface area contributed by atoms with Crippen LogP contribution in [0.3, 0.4) is 0 Å². The maximum atomic E-state index is 7.26. The zero-order chi connectivity index (χ0) is 12.6. The molecule has 0 aromatic carbocycles. The molecule has 0 fully saturated rings. The van der Waals surface area contributed by atoms with Gasteiger partial charge in [0.25, 0.3) is 0 Å². The Hall–Kier alpha value is -1.88. The maximum absolute atomic E-state index is 7.26. The van der Waals surface area contributed by atoms with E-state index >= 15 is 0 Å². The molecule has 5 nitrogen and oxygen atoms in total. The van der Waals surface area contributed by atoms with Crippen LogP contribution in [-0.4, -0.2) is 20.6 Å². The zero-order valence-corrected chi connectivity index (χ0v) is 10.3. The van der Waals surface area contributed by atoms with Gasteiger partial charge < -0.3 is 5.73 Å². The molecule has 0 aliphatic carbocycles. The number of nitrogens with two attached hydrogens (primary N) is 1. The molecule has 6 heteroatoms. The van der Waals surface area contributed by atoms with Crippen LogP contribution in [0, 0.1) is 19.3 Å². The van der Waals surface area contributed by atoms with Crippen molar-refractivity contribution in [1.29, 1.82) is 5.41 Å². The molecule has 88 valence electrons. The number of hydrogen-bond donors (Lipinski definition) is 2. The topological polar surface area (TPSA) is 80.6 Å². The SMILES string of the molecule is Cc1nn(-c2ccc(C(=N)N)nc2)c(C)c1Cl. The summed E-state index contributed by atoms with van der Waals surface area (Å²) in [4.78, 5) is 4.08. The third-order valence-corrected chi connectivity index (χ3v) is 3.02. The van der Waals surface area contributed by atoms with Gasteiger partial charge in [-0.15, -0.1) is 0 Å². The number of nitrogen functional groups attached to an aromatic ring is 1. The number of halogens is 1. The summed E-state index contributed by atoms with van der Waals surface area (Å²) in [7, 11) is 0. The molecule has 0 bridgehead atoms. The molecule has 2 heterocycles. The summed E-state index contributed by atoms with van der Waals surface area (Å²) in [5.74, 6) is -0.0528. The van der Waals surface area contributed by atoms with Crippen molar-refractivity contribution in [2.75, 3.05) is 0 Å². The second-order valence-electron chi connectivity index (χ2n) is 3.71. The predicted molar refractivity (Wildman–Crippen MR) is 66.9 cm³/mol. The Balaban J connectivity index is 2.47. The Morgan fingerprint density at radius 1 is 1.41 bits per heavy atom. The first-order valence-corrected chi connectivity index (χ1v) is 5.41. The number of aromatic nitrogens is 3. The van der Waals surface area contributed by atoms with E-state index in [9.17, 15) is 0 Å². The van der Waals surface area contributed by atoms with Crippen LogP contribution in [-0.2, 0) is 0 Å². The first kappa shape index (κ1) is 11.6. The van der Waals surface area contributed by atoms with Crippen molar-refractivity contribution in [3.63, 3.8) is 0 Å². The van der Waals surface area contributed by atoms with E-state index in [1.54, 1.807) is 23.0 Å². The lowest BCUT2D eigenvalue weighted by Gasteiger charge is -2.04.